The van der Waals surface area contributed by atoms with Crippen LogP contribution < -0.4 is 5.32 Å². The first-order chi connectivity index (χ1) is 8.40. The zero-order valence-corrected chi connectivity index (χ0v) is 10.9. The normalized spacial score (nSPS) is 12.4. The van der Waals surface area contributed by atoms with Gasteiger partial charge in [0, 0.05) is 12.1 Å². The molecule has 0 bridgehead atoms. The monoisotopic (exact) mass is 253 g/mol. The summed E-state index contributed by atoms with van der Waals surface area (Å²) >= 11 is 0. The number of carbonyl (C=O) groups excluding carboxylic acids is 1. The molecule has 1 atom stereocenters. The van der Waals surface area contributed by atoms with E-state index in [2.05, 4.69) is 24.1 Å². The molecule has 18 heavy (non-hydrogen) atoms. The van der Waals surface area contributed by atoms with Gasteiger partial charge in [0.2, 0.25) is 0 Å². The number of hydrogen-bond acceptors (Lipinski definition) is 3. The molecular weight excluding hydrogens is 234 g/mol. The van der Waals surface area contributed by atoms with Crippen LogP contribution in [0.1, 0.15) is 44.1 Å². The van der Waals surface area contributed by atoms with Gasteiger partial charge >= 0.3 is 0 Å². The van der Waals surface area contributed by atoms with E-state index < -0.39 is 4.92 Å². The lowest BCUT2D eigenvalue weighted by molar-refractivity contribution is -0.384. The molecule has 0 aromatic carbocycles. The number of H-pyrrole nitrogens is 1. The van der Waals surface area contributed by atoms with Gasteiger partial charge in [-0.3, -0.25) is 14.9 Å². The Kier molecular flexibility index (Phi) is 4.88. The molecule has 0 aliphatic heterocycles. The Balaban J connectivity index is 2.51. The average Bonchev–Trinajstić information content (AvgIpc) is 2.75. The van der Waals surface area contributed by atoms with E-state index >= 15 is 0 Å². The Morgan fingerprint density at radius 1 is 1.44 bits per heavy atom. The van der Waals surface area contributed by atoms with Gasteiger partial charge in [-0.15, -0.1) is 0 Å². The Labute approximate surface area is 106 Å². The van der Waals surface area contributed by atoms with E-state index in [9.17, 15) is 14.9 Å². The quantitative estimate of drug-likeness (QED) is 0.603. The summed E-state index contributed by atoms with van der Waals surface area (Å²) in [6.07, 6.45) is 3.15. The predicted molar refractivity (Wildman–Crippen MR) is 68.4 cm³/mol. The van der Waals surface area contributed by atoms with Crippen molar-refractivity contribution in [1.82, 2.24) is 10.3 Å². The van der Waals surface area contributed by atoms with Gasteiger partial charge in [0.1, 0.15) is 5.69 Å². The third-order valence-electron chi connectivity index (χ3n) is 2.68. The SMILES string of the molecule is CC(C)CC[C@@H](C)NC(=O)c1cc([N+](=O)[O-])c[nH]1. The fourth-order valence-corrected chi connectivity index (χ4v) is 1.58. The fraction of sp³-hybridized carbons (Fsp3) is 0.583. The van der Waals surface area contributed by atoms with E-state index in [4.69, 9.17) is 0 Å². The molecule has 1 rings (SSSR count). The second kappa shape index (κ2) is 6.18. The van der Waals surface area contributed by atoms with Crippen molar-refractivity contribution in [2.45, 2.75) is 39.7 Å². The molecule has 0 saturated carbocycles. The highest BCUT2D eigenvalue weighted by Gasteiger charge is 2.16. The minimum Gasteiger partial charge on any atom is -0.351 e. The van der Waals surface area contributed by atoms with Gasteiger partial charge in [-0.2, -0.15) is 0 Å². The first-order valence-corrected chi connectivity index (χ1v) is 6.03. The lowest BCUT2D eigenvalue weighted by Gasteiger charge is -2.14. The average molecular weight is 253 g/mol. The molecule has 2 N–H and O–H groups in total. The van der Waals surface area contributed by atoms with Crippen LogP contribution in [0, 0.1) is 16.0 Å². The smallest absolute Gasteiger partial charge is 0.287 e. The number of aromatic nitrogens is 1. The van der Waals surface area contributed by atoms with Gasteiger partial charge in [-0.05, 0) is 25.7 Å². The molecule has 0 radical (unpaired) electrons. The first-order valence-electron chi connectivity index (χ1n) is 6.03. The maximum atomic E-state index is 11.8. The first kappa shape index (κ1) is 14.2. The second-order valence-corrected chi connectivity index (χ2v) is 4.87. The number of nitro groups is 1. The summed E-state index contributed by atoms with van der Waals surface area (Å²) in [5, 5.41) is 13.3. The molecular formula is C12H19N3O3. The molecule has 0 unspecified atom stereocenters. The van der Waals surface area contributed by atoms with E-state index in [1.54, 1.807) is 0 Å². The van der Waals surface area contributed by atoms with Gasteiger partial charge in [0.25, 0.3) is 11.6 Å². The molecule has 0 aliphatic carbocycles. The van der Waals surface area contributed by atoms with E-state index in [-0.39, 0.29) is 23.3 Å². The third-order valence-corrected chi connectivity index (χ3v) is 2.68. The van der Waals surface area contributed by atoms with Crippen LogP contribution in [0.4, 0.5) is 5.69 Å². The molecule has 6 heteroatoms. The summed E-state index contributed by atoms with van der Waals surface area (Å²) in [5.41, 5.74) is 0.119. The zero-order chi connectivity index (χ0) is 13.7. The van der Waals surface area contributed by atoms with Crippen molar-refractivity contribution in [2.75, 3.05) is 0 Å². The Bertz CT molecular complexity index is 426. The molecule has 1 amide bonds. The van der Waals surface area contributed by atoms with Gasteiger partial charge in [0.15, 0.2) is 0 Å². The molecule has 1 heterocycles. The summed E-state index contributed by atoms with van der Waals surface area (Å²) < 4.78 is 0. The summed E-state index contributed by atoms with van der Waals surface area (Å²) in [6, 6.07) is 1.30. The van der Waals surface area contributed by atoms with Crippen molar-refractivity contribution in [2.24, 2.45) is 5.92 Å². The number of amides is 1. The number of rotatable bonds is 6. The Morgan fingerprint density at radius 3 is 2.61 bits per heavy atom. The zero-order valence-electron chi connectivity index (χ0n) is 10.9. The lowest BCUT2D eigenvalue weighted by atomic mass is 10.0. The highest BCUT2D eigenvalue weighted by atomic mass is 16.6. The predicted octanol–water partition coefficient (Wildman–Crippen LogP) is 2.48. The van der Waals surface area contributed by atoms with E-state index in [1.807, 2.05) is 6.92 Å². The van der Waals surface area contributed by atoms with Crippen molar-refractivity contribution in [1.29, 1.82) is 0 Å². The number of aromatic amines is 1. The maximum absolute atomic E-state index is 11.8. The van der Waals surface area contributed by atoms with Gasteiger partial charge in [0.05, 0.1) is 11.1 Å². The molecule has 6 nitrogen and oxygen atoms in total. The largest absolute Gasteiger partial charge is 0.351 e. The van der Waals surface area contributed by atoms with Crippen LogP contribution in [-0.4, -0.2) is 21.9 Å². The Morgan fingerprint density at radius 2 is 2.11 bits per heavy atom. The maximum Gasteiger partial charge on any atom is 0.287 e. The summed E-state index contributed by atoms with van der Waals surface area (Å²) in [7, 11) is 0. The van der Waals surface area contributed by atoms with Crippen LogP contribution in [0.3, 0.4) is 0 Å². The minimum absolute atomic E-state index is 0.0576. The van der Waals surface area contributed by atoms with Gasteiger partial charge < -0.3 is 10.3 Å². The van der Waals surface area contributed by atoms with Gasteiger partial charge in [-0.1, -0.05) is 13.8 Å². The Hall–Kier alpha value is -1.85. The topological polar surface area (TPSA) is 88.0 Å². The van der Waals surface area contributed by atoms with Crippen molar-refractivity contribution in [3.8, 4) is 0 Å². The summed E-state index contributed by atoms with van der Waals surface area (Å²) in [6.45, 7) is 6.18. The van der Waals surface area contributed by atoms with Crippen molar-refractivity contribution in [3.05, 3.63) is 28.1 Å². The molecule has 0 aliphatic rings. The van der Waals surface area contributed by atoms with E-state index in [0.717, 1.165) is 12.8 Å². The summed E-state index contributed by atoms with van der Waals surface area (Å²) in [4.78, 5) is 24.3. The van der Waals surface area contributed by atoms with Crippen LogP contribution in [0.5, 0.6) is 0 Å². The highest BCUT2D eigenvalue weighted by molar-refractivity contribution is 5.93. The molecule has 1 aromatic heterocycles. The molecule has 1 aromatic rings. The fourth-order valence-electron chi connectivity index (χ4n) is 1.58. The molecule has 0 fully saturated rings. The standard InChI is InChI=1S/C12H19N3O3/c1-8(2)4-5-9(3)14-12(16)11-6-10(7-13-11)15(17)18/h6-9,13H,4-5H2,1-3H3,(H,14,16)/t9-/m1/s1. The number of carbonyl (C=O) groups is 1. The molecule has 100 valence electrons. The van der Waals surface area contributed by atoms with Crippen molar-refractivity contribution >= 4 is 11.6 Å². The molecule has 0 spiro atoms. The van der Waals surface area contributed by atoms with Crippen LogP contribution in [0.25, 0.3) is 0 Å². The second-order valence-electron chi connectivity index (χ2n) is 4.87. The molecule has 0 saturated heterocycles. The van der Waals surface area contributed by atoms with Crippen LogP contribution in [-0.2, 0) is 0 Å². The number of nitrogens with zero attached hydrogens (tertiary/aromatic N) is 1. The number of nitrogens with one attached hydrogen (secondary N) is 2. The van der Waals surface area contributed by atoms with Crippen molar-refractivity contribution in [3.63, 3.8) is 0 Å². The van der Waals surface area contributed by atoms with Crippen molar-refractivity contribution < 1.29 is 9.72 Å². The minimum atomic E-state index is -0.532. The lowest BCUT2D eigenvalue weighted by Crippen LogP contribution is -2.32. The van der Waals surface area contributed by atoms with Crippen LogP contribution in [0.15, 0.2) is 12.3 Å². The number of hydrogen-bond donors (Lipinski definition) is 2. The van der Waals surface area contributed by atoms with E-state index in [0.29, 0.717) is 5.92 Å². The van der Waals surface area contributed by atoms with E-state index in [1.165, 1.54) is 12.3 Å². The summed E-state index contributed by atoms with van der Waals surface area (Å²) in [5.74, 6) is 0.287. The third kappa shape index (κ3) is 4.20. The van der Waals surface area contributed by atoms with Crippen LogP contribution in [0.2, 0.25) is 0 Å². The highest BCUT2D eigenvalue weighted by Crippen LogP contribution is 2.12. The van der Waals surface area contributed by atoms with Gasteiger partial charge in [-0.25, -0.2) is 0 Å². The van der Waals surface area contributed by atoms with Crippen LogP contribution >= 0.6 is 0 Å².